The largest absolute Gasteiger partial charge is 0.351 e. The highest BCUT2D eigenvalue weighted by atomic mass is 16.8. The van der Waals surface area contributed by atoms with Crippen LogP contribution in [0.2, 0.25) is 0 Å². The summed E-state index contributed by atoms with van der Waals surface area (Å²) in [7, 11) is 1.62. The number of hydrogen-bond acceptors (Lipinski definition) is 3. The molecule has 1 rings (SSSR count). The first-order valence-corrected chi connectivity index (χ1v) is 3.47. The van der Waals surface area contributed by atoms with Gasteiger partial charge in [-0.05, 0) is 20.8 Å². The summed E-state index contributed by atoms with van der Waals surface area (Å²) in [4.78, 5) is 0. The van der Waals surface area contributed by atoms with Gasteiger partial charge in [-0.15, -0.1) is 0 Å². The first-order valence-electron chi connectivity index (χ1n) is 3.47. The van der Waals surface area contributed by atoms with Crippen LogP contribution < -0.4 is 0 Å². The Bertz CT molecular complexity index is 126. The molecular weight excluding hydrogens is 132 g/mol. The minimum Gasteiger partial charge on any atom is -0.351 e. The van der Waals surface area contributed by atoms with Crippen LogP contribution in [0.5, 0.6) is 0 Å². The van der Waals surface area contributed by atoms with E-state index >= 15 is 0 Å². The van der Waals surface area contributed by atoms with Crippen molar-refractivity contribution in [2.75, 3.05) is 7.11 Å². The van der Waals surface area contributed by atoms with E-state index in [0.29, 0.717) is 0 Å². The average Bonchev–Trinajstić information content (AvgIpc) is 2.09. The zero-order chi connectivity index (χ0) is 7.78. The maximum atomic E-state index is 5.37. The summed E-state index contributed by atoms with van der Waals surface area (Å²) in [6.45, 7) is 5.68. The SMILES string of the molecule is COC1(C)O[C@H](C)O[C@H]1C. The Hall–Kier alpha value is -0.120. The quantitative estimate of drug-likeness (QED) is 0.555. The van der Waals surface area contributed by atoms with Gasteiger partial charge in [-0.3, -0.25) is 0 Å². The fourth-order valence-corrected chi connectivity index (χ4v) is 1.08. The Kier molecular flexibility index (Phi) is 1.99. The van der Waals surface area contributed by atoms with Crippen molar-refractivity contribution in [1.29, 1.82) is 0 Å². The summed E-state index contributed by atoms with van der Waals surface area (Å²) in [5, 5.41) is 0. The molecule has 0 radical (unpaired) electrons. The van der Waals surface area contributed by atoms with Gasteiger partial charge in [0.05, 0.1) is 0 Å². The van der Waals surface area contributed by atoms with Crippen LogP contribution in [-0.4, -0.2) is 25.3 Å². The molecule has 1 unspecified atom stereocenters. The van der Waals surface area contributed by atoms with E-state index in [0.717, 1.165) is 0 Å². The van der Waals surface area contributed by atoms with Crippen molar-refractivity contribution < 1.29 is 14.2 Å². The van der Waals surface area contributed by atoms with Crippen LogP contribution in [0.25, 0.3) is 0 Å². The average molecular weight is 146 g/mol. The van der Waals surface area contributed by atoms with Gasteiger partial charge in [0, 0.05) is 7.11 Å². The van der Waals surface area contributed by atoms with Gasteiger partial charge in [0.15, 0.2) is 12.1 Å². The minimum atomic E-state index is -0.556. The molecule has 1 heterocycles. The van der Waals surface area contributed by atoms with Crippen molar-refractivity contribution in [2.45, 2.75) is 39.0 Å². The summed E-state index contributed by atoms with van der Waals surface area (Å²) in [5.41, 5.74) is 0. The first-order chi connectivity index (χ1) is 4.58. The maximum absolute atomic E-state index is 5.37. The first kappa shape index (κ1) is 7.98. The monoisotopic (exact) mass is 146 g/mol. The van der Waals surface area contributed by atoms with Gasteiger partial charge in [-0.2, -0.15) is 0 Å². The Morgan fingerprint density at radius 1 is 1.40 bits per heavy atom. The molecule has 1 aliphatic rings. The van der Waals surface area contributed by atoms with Gasteiger partial charge in [-0.25, -0.2) is 0 Å². The topological polar surface area (TPSA) is 27.7 Å². The van der Waals surface area contributed by atoms with Gasteiger partial charge in [-0.1, -0.05) is 0 Å². The highest BCUT2D eigenvalue weighted by Gasteiger charge is 2.42. The van der Waals surface area contributed by atoms with E-state index in [1.54, 1.807) is 7.11 Å². The van der Waals surface area contributed by atoms with Crippen LogP contribution in [0.1, 0.15) is 20.8 Å². The molecule has 0 amide bonds. The molecule has 0 aliphatic carbocycles. The third kappa shape index (κ3) is 1.17. The molecule has 3 atom stereocenters. The van der Waals surface area contributed by atoms with Gasteiger partial charge in [0.2, 0.25) is 0 Å². The second-order valence-corrected chi connectivity index (χ2v) is 2.68. The molecule has 1 aliphatic heterocycles. The molecule has 60 valence electrons. The van der Waals surface area contributed by atoms with Crippen LogP contribution >= 0.6 is 0 Å². The number of methoxy groups -OCH3 is 1. The predicted octanol–water partition coefficient (Wildman–Crippen LogP) is 1.13. The summed E-state index contributed by atoms with van der Waals surface area (Å²) < 4.78 is 15.8. The maximum Gasteiger partial charge on any atom is 0.194 e. The standard InChI is InChI=1S/C7H14O3/c1-5-7(3,8-4)10-6(2)9-5/h5-6H,1-4H3/t5-,6+,7?/m0/s1. The molecule has 0 aromatic carbocycles. The molecule has 3 nitrogen and oxygen atoms in total. The fraction of sp³-hybridized carbons (Fsp3) is 1.00. The van der Waals surface area contributed by atoms with Crippen LogP contribution in [-0.2, 0) is 14.2 Å². The minimum absolute atomic E-state index is 0.00694. The van der Waals surface area contributed by atoms with E-state index in [1.807, 2.05) is 20.8 Å². The van der Waals surface area contributed by atoms with Crippen LogP contribution in [0.15, 0.2) is 0 Å². The molecule has 0 aromatic heterocycles. The van der Waals surface area contributed by atoms with E-state index in [4.69, 9.17) is 14.2 Å². The van der Waals surface area contributed by atoms with Crippen LogP contribution in [0.4, 0.5) is 0 Å². The molecule has 0 bridgehead atoms. The van der Waals surface area contributed by atoms with E-state index < -0.39 is 5.79 Å². The summed E-state index contributed by atoms with van der Waals surface area (Å²) >= 11 is 0. The predicted molar refractivity (Wildman–Crippen MR) is 36.5 cm³/mol. The van der Waals surface area contributed by atoms with Gasteiger partial charge in [0.1, 0.15) is 6.10 Å². The number of hydrogen-bond donors (Lipinski definition) is 0. The Labute approximate surface area is 61.3 Å². The Balaban J connectivity index is 2.61. The van der Waals surface area contributed by atoms with Crippen LogP contribution in [0.3, 0.4) is 0 Å². The lowest BCUT2D eigenvalue weighted by molar-refractivity contribution is -0.201. The normalized spacial score (nSPS) is 48.0. The number of ether oxygens (including phenoxy) is 3. The molecule has 0 N–H and O–H groups in total. The lowest BCUT2D eigenvalue weighted by Gasteiger charge is -2.23. The van der Waals surface area contributed by atoms with Crippen molar-refractivity contribution in [1.82, 2.24) is 0 Å². The van der Waals surface area contributed by atoms with Gasteiger partial charge in [0.25, 0.3) is 0 Å². The van der Waals surface area contributed by atoms with E-state index in [2.05, 4.69) is 0 Å². The Morgan fingerprint density at radius 3 is 2.20 bits per heavy atom. The number of rotatable bonds is 1. The van der Waals surface area contributed by atoms with Crippen molar-refractivity contribution in [3.8, 4) is 0 Å². The van der Waals surface area contributed by atoms with Gasteiger partial charge < -0.3 is 14.2 Å². The highest BCUT2D eigenvalue weighted by Crippen LogP contribution is 2.29. The highest BCUT2D eigenvalue weighted by molar-refractivity contribution is 4.76. The van der Waals surface area contributed by atoms with E-state index in [1.165, 1.54) is 0 Å². The molecule has 3 heteroatoms. The van der Waals surface area contributed by atoms with Crippen molar-refractivity contribution >= 4 is 0 Å². The fourth-order valence-electron chi connectivity index (χ4n) is 1.08. The molecule has 1 fully saturated rings. The smallest absolute Gasteiger partial charge is 0.194 e. The molecule has 0 saturated carbocycles. The van der Waals surface area contributed by atoms with E-state index in [9.17, 15) is 0 Å². The van der Waals surface area contributed by atoms with Crippen LogP contribution in [0, 0.1) is 0 Å². The second kappa shape index (κ2) is 2.49. The summed E-state index contributed by atoms with van der Waals surface area (Å²) in [5.74, 6) is -0.556. The Morgan fingerprint density at radius 2 is 2.00 bits per heavy atom. The van der Waals surface area contributed by atoms with E-state index in [-0.39, 0.29) is 12.4 Å². The molecule has 0 aromatic rings. The summed E-state index contributed by atoms with van der Waals surface area (Å²) in [6, 6.07) is 0. The molecule has 1 saturated heterocycles. The van der Waals surface area contributed by atoms with Gasteiger partial charge >= 0.3 is 0 Å². The third-order valence-electron chi connectivity index (χ3n) is 1.94. The van der Waals surface area contributed by atoms with Crippen molar-refractivity contribution in [3.63, 3.8) is 0 Å². The molecular formula is C7H14O3. The molecule has 0 spiro atoms. The molecule has 10 heavy (non-hydrogen) atoms. The lowest BCUT2D eigenvalue weighted by atomic mass is 10.2. The second-order valence-electron chi connectivity index (χ2n) is 2.68. The third-order valence-corrected chi connectivity index (χ3v) is 1.94. The zero-order valence-electron chi connectivity index (χ0n) is 6.88. The summed E-state index contributed by atoms with van der Waals surface area (Å²) in [6.07, 6.45) is -0.146. The van der Waals surface area contributed by atoms with Crippen molar-refractivity contribution in [2.24, 2.45) is 0 Å². The van der Waals surface area contributed by atoms with Crippen molar-refractivity contribution in [3.05, 3.63) is 0 Å². The lowest BCUT2D eigenvalue weighted by Crippen LogP contribution is -2.36. The zero-order valence-corrected chi connectivity index (χ0v) is 6.88.